The Morgan fingerprint density at radius 2 is 2.00 bits per heavy atom. The first-order valence-corrected chi connectivity index (χ1v) is 7.90. The molecule has 1 aliphatic rings. The number of benzene rings is 1. The lowest BCUT2D eigenvalue weighted by Gasteiger charge is -2.19. The first-order chi connectivity index (χ1) is 11.7. The van der Waals surface area contributed by atoms with Gasteiger partial charge in [0.25, 0.3) is 0 Å². The summed E-state index contributed by atoms with van der Waals surface area (Å²) < 4.78 is 10.5. The molecule has 1 amide bonds. The van der Waals surface area contributed by atoms with E-state index in [0.29, 0.717) is 24.7 Å². The van der Waals surface area contributed by atoms with Gasteiger partial charge >= 0.3 is 0 Å². The molecule has 1 fully saturated rings. The fourth-order valence-corrected chi connectivity index (χ4v) is 2.86. The number of carbonyl (C=O) groups excluding carboxylic acids is 1. The summed E-state index contributed by atoms with van der Waals surface area (Å²) in [4.78, 5) is 18.8. The van der Waals surface area contributed by atoms with Crippen LogP contribution in [0.5, 0.6) is 11.6 Å². The van der Waals surface area contributed by atoms with Gasteiger partial charge in [-0.15, -0.1) is 0 Å². The lowest BCUT2D eigenvalue weighted by atomic mass is 10.2. The topological polar surface area (TPSA) is 63.7 Å². The van der Waals surface area contributed by atoms with Crippen LogP contribution >= 0.6 is 0 Å². The molecule has 1 N–H and O–H groups in total. The Morgan fingerprint density at radius 1 is 1.17 bits per heavy atom. The number of hydrogen-bond acceptors (Lipinski definition) is 5. The van der Waals surface area contributed by atoms with E-state index in [-0.39, 0.29) is 11.9 Å². The van der Waals surface area contributed by atoms with Crippen molar-refractivity contribution >= 4 is 11.6 Å². The fraction of sp³-hybridized carbons (Fsp3) is 0.333. The van der Waals surface area contributed by atoms with Crippen molar-refractivity contribution in [2.75, 3.05) is 25.7 Å². The summed E-state index contributed by atoms with van der Waals surface area (Å²) in [5.41, 5.74) is 1.66. The molecule has 3 rings (SSSR count). The monoisotopic (exact) mass is 327 g/mol. The molecule has 2 aromatic rings. The van der Waals surface area contributed by atoms with Crippen molar-refractivity contribution < 1.29 is 14.3 Å². The molecular formula is C18H21N3O3. The molecule has 0 unspecified atom stereocenters. The smallest absolute Gasteiger partial charge is 0.244 e. The van der Waals surface area contributed by atoms with Crippen LogP contribution < -0.4 is 19.7 Å². The van der Waals surface area contributed by atoms with E-state index < -0.39 is 0 Å². The van der Waals surface area contributed by atoms with E-state index in [0.717, 1.165) is 17.8 Å². The summed E-state index contributed by atoms with van der Waals surface area (Å²) in [7, 11) is 3.20. The first-order valence-electron chi connectivity index (χ1n) is 7.90. The van der Waals surface area contributed by atoms with Gasteiger partial charge in [-0.1, -0.05) is 18.2 Å². The second-order valence-electron chi connectivity index (χ2n) is 5.56. The molecule has 0 bridgehead atoms. The zero-order chi connectivity index (χ0) is 16.9. The molecule has 6 nitrogen and oxygen atoms in total. The molecule has 1 atom stereocenters. The van der Waals surface area contributed by atoms with Gasteiger partial charge in [0.2, 0.25) is 11.8 Å². The molecule has 0 radical (unpaired) electrons. The molecule has 0 saturated carbocycles. The van der Waals surface area contributed by atoms with Crippen LogP contribution in [0.2, 0.25) is 0 Å². The van der Waals surface area contributed by atoms with Crippen molar-refractivity contribution in [2.45, 2.75) is 19.0 Å². The third-order valence-electron chi connectivity index (χ3n) is 4.10. The summed E-state index contributed by atoms with van der Waals surface area (Å²) in [6.07, 6.45) is 0.751. The summed E-state index contributed by atoms with van der Waals surface area (Å²) in [6.45, 7) is 1.19. The fourth-order valence-electron chi connectivity index (χ4n) is 2.86. The number of nitrogens with zero attached hydrogens (tertiary/aromatic N) is 2. The lowest BCUT2D eigenvalue weighted by Crippen LogP contribution is -2.38. The highest BCUT2D eigenvalue weighted by molar-refractivity contribution is 6.00. The van der Waals surface area contributed by atoms with Gasteiger partial charge in [0.15, 0.2) is 0 Å². The zero-order valence-corrected chi connectivity index (χ0v) is 13.9. The lowest BCUT2D eigenvalue weighted by molar-refractivity contribution is -0.118. The van der Waals surface area contributed by atoms with Gasteiger partial charge in [0.05, 0.1) is 31.6 Å². The Kier molecular flexibility index (Phi) is 4.96. The van der Waals surface area contributed by atoms with Crippen LogP contribution in [0.4, 0.5) is 5.69 Å². The predicted octanol–water partition coefficient (Wildman–Crippen LogP) is 1.99. The number of aromatic nitrogens is 1. The number of para-hydroxylation sites is 2. The van der Waals surface area contributed by atoms with Gasteiger partial charge in [-0.05, 0) is 24.6 Å². The highest BCUT2D eigenvalue weighted by Crippen LogP contribution is 2.31. The number of nitrogens with one attached hydrogen (secondary N) is 1. The summed E-state index contributed by atoms with van der Waals surface area (Å²) in [5.74, 6) is 1.34. The van der Waals surface area contributed by atoms with Gasteiger partial charge in [-0.3, -0.25) is 4.79 Å². The van der Waals surface area contributed by atoms with Crippen molar-refractivity contribution in [1.29, 1.82) is 0 Å². The average molecular weight is 327 g/mol. The molecular weight excluding hydrogens is 306 g/mol. The van der Waals surface area contributed by atoms with Crippen LogP contribution in [0.15, 0.2) is 42.5 Å². The Bertz CT molecular complexity index is 720. The van der Waals surface area contributed by atoms with Crippen LogP contribution in [0.1, 0.15) is 12.1 Å². The highest BCUT2D eigenvalue weighted by Gasteiger charge is 2.33. The van der Waals surface area contributed by atoms with Crippen molar-refractivity contribution in [1.82, 2.24) is 10.3 Å². The summed E-state index contributed by atoms with van der Waals surface area (Å²) in [6, 6.07) is 13.0. The Labute approximate surface area is 141 Å². The molecule has 1 aliphatic heterocycles. The van der Waals surface area contributed by atoms with E-state index in [2.05, 4.69) is 10.3 Å². The van der Waals surface area contributed by atoms with E-state index >= 15 is 0 Å². The molecule has 1 aromatic carbocycles. The maximum Gasteiger partial charge on any atom is 0.244 e. The first kappa shape index (κ1) is 16.3. The van der Waals surface area contributed by atoms with Crippen LogP contribution in [-0.4, -0.2) is 37.7 Å². The van der Waals surface area contributed by atoms with Gasteiger partial charge in [0, 0.05) is 19.2 Å². The number of methoxy groups -OCH3 is 2. The minimum atomic E-state index is -0.220. The average Bonchev–Trinajstić information content (AvgIpc) is 3.00. The van der Waals surface area contributed by atoms with Crippen molar-refractivity contribution in [3.63, 3.8) is 0 Å². The standard InChI is InChI=1S/C18H21N3O3/c1-23-16-8-4-3-7-15(16)21-11-10-14(18(21)22)19-12-13-6-5-9-17(20-13)24-2/h3-9,14,19H,10-12H2,1-2H3/t14-/m0/s1. The quantitative estimate of drug-likeness (QED) is 0.879. The number of rotatable bonds is 6. The Hall–Kier alpha value is -2.60. The van der Waals surface area contributed by atoms with Gasteiger partial charge < -0.3 is 19.7 Å². The third kappa shape index (κ3) is 3.33. The maximum absolute atomic E-state index is 12.7. The minimum absolute atomic E-state index is 0.0578. The molecule has 126 valence electrons. The van der Waals surface area contributed by atoms with E-state index in [1.165, 1.54) is 0 Å². The molecule has 1 aromatic heterocycles. The van der Waals surface area contributed by atoms with Crippen molar-refractivity contribution in [2.24, 2.45) is 0 Å². The van der Waals surface area contributed by atoms with Crippen LogP contribution in [0, 0.1) is 0 Å². The number of hydrogen-bond donors (Lipinski definition) is 1. The number of ether oxygens (including phenoxy) is 2. The van der Waals surface area contributed by atoms with Crippen LogP contribution in [-0.2, 0) is 11.3 Å². The van der Waals surface area contributed by atoms with E-state index in [1.807, 2.05) is 36.4 Å². The van der Waals surface area contributed by atoms with Crippen LogP contribution in [0.25, 0.3) is 0 Å². The van der Waals surface area contributed by atoms with Crippen LogP contribution in [0.3, 0.4) is 0 Å². The molecule has 2 heterocycles. The summed E-state index contributed by atoms with van der Waals surface area (Å²) in [5, 5.41) is 3.29. The van der Waals surface area contributed by atoms with Crippen molar-refractivity contribution in [3.8, 4) is 11.6 Å². The second kappa shape index (κ2) is 7.31. The number of pyridine rings is 1. The highest BCUT2D eigenvalue weighted by atomic mass is 16.5. The Morgan fingerprint density at radius 3 is 2.79 bits per heavy atom. The maximum atomic E-state index is 12.7. The van der Waals surface area contributed by atoms with E-state index in [4.69, 9.17) is 9.47 Å². The Balaban J connectivity index is 1.66. The SMILES string of the molecule is COc1cccc(CN[C@H]2CCN(c3ccccc3OC)C2=O)n1. The molecule has 24 heavy (non-hydrogen) atoms. The van der Waals surface area contributed by atoms with E-state index in [1.54, 1.807) is 25.2 Å². The number of anilines is 1. The minimum Gasteiger partial charge on any atom is -0.495 e. The van der Waals surface area contributed by atoms with Crippen molar-refractivity contribution in [3.05, 3.63) is 48.2 Å². The second-order valence-corrected chi connectivity index (χ2v) is 5.56. The van der Waals surface area contributed by atoms with Gasteiger partial charge in [-0.25, -0.2) is 4.98 Å². The molecule has 1 saturated heterocycles. The summed E-state index contributed by atoms with van der Waals surface area (Å²) >= 11 is 0. The van der Waals surface area contributed by atoms with Gasteiger partial charge in [-0.2, -0.15) is 0 Å². The third-order valence-corrected chi connectivity index (χ3v) is 4.10. The zero-order valence-electron chi connectivity index (χ0n) is 13.9. The number of carbonyl (C=O) groups is 1. The largest absolute Gasteiger partial charge is 0.495 e. The molecule has 0 spiro atoms. The molecule has 0 aliphatic carbocycles. The number of amides is 1. The normalized spacial score (nSPS) is 17.2. The van der Waals surface area contributed by atoms with E-state index in [9.17, 15) is 4.79 Å². The predicted molar refractivity (Wildman–Crippen MR) is 91.4 cm³/mol. The molecule has 6 heteroatoms. The van der Waals surface area contributed by atoms with Gasteiger partial charge in [0.1, 0.15) is 5.75 Å².